The van der Waals surface area contributed by atoms with Crippen LogP contribution in [0, 0.1) is 5.92 Å². The van der Waals surface area contributed by atoms with Crippen molar-refractivity contribution < 1.29 is 19.4 Å². The number of aromatic carboxylic acids is 1. The molecular formula is C12H16O4. The van der Waals surface area contributed by atoms with Gasteiger partial charge in [-0.1, -0.05) is 13.3 Å². The quantitative estimate of drug-likeness (QED) is 0.826. The molecule has 2 N–H and O–H groups in total. The Morgan fingerprint density at radius 3 is 2.94 bits per heavy atom. The fraction of sp³-hybridized carbons (Fsp3) is 0.583. The van der Waals surface area contributed by atoms with Crippen molar-refractivity contribution in [3.8, 4) is 0 Å². The van der Waals surface area contributed by atoms with Crippen LogP contribution in [-0.2, 0) is 5.60 Å². The Labute approximate surface area is 93.9 Å². The molecule has 2 rings (SSSR count). The van der Waals surface area contributed by atoms with Gasteiger partial charge in [-0.05, 0) is 37.3 Å². The van der Waals surface area contributed by atoms with Gasteiger partial charge >= 0.3 is 5.97 Å². The first-order valence-corrected chi connectivity index (χ1v) is 5.64. The van der Waals surface area contributed by atoms with E-state index in [1.807, 2.05) is 6.92 Å². The summed E-state index contributed by atoms with van der Waals surface area (Å²) in [5.41, 5.74) is -0.970. The maximum atomic E-state index is 10.7. The van der Waals surface area contributed by atoms with Crippen LogP contribution in [0.25, 0.3) is 0 Å². The SMILES string of the molecule is CCC1CCCC1(O)c1ccc(C(=O)O)o1. The zero-order chi connectivity index (χ0) is 11.8. The molecule has 0 saturated heterocycles. The lowest BCUT2D eigenvalue weighted by Gasteiger charge is -2.27. The largest absolute Gasteiger partial charge is 0.475 e. The Kier molecular flexibility index (Phi) is 2.76. The highest BCUT2D eigenvalue weighted by Crippen LogP contribution is 2.45. The number of furan rings is 1. The second-order valence-corrected chi connectivity index (χ2v) is 4.39. The fourth-order valence-corrected chi connectivity index (χ4v) is 2.61. The van der Waals surface area contributed by atoms with Crippen LogP contribution < -0.4 is 0 Å². The monoisotopic (exact) mass is 224 g/mol. The molecule has 4 heteroatoms. The van der Waals surface area contributed by atoms with Gasteiger partial charge in [0, 0.05) is 0 Å². The van der Waals surface area contributed by atoms with Gasteiger partial charge in [0.05, 0.1) is 0 Å². The number of carbonyl (C=O) groups is 1. The maximum absolute atomic E-state index is 10.7. The molecule has 0 amide bonds. The topological polar surface area (TPSA) is 70.7 Å². The zero-order valence-electron chi connectivity index (χ0n) is 9.27. The number of hydrogen-bond acceptors (Lipinski definition) is 3. The third-order valence-corrected chi connectivity index (χ3v) is 3.52. The van der Waals surface area contributed by atoms with Crippen LogP contribution in [0.4, 0.5) is 0 Å². The molecule has 16 heavy (non-hydrogen) atoms. The molecule has 1 heterocycles. The number of hydrogen-bond donors (Lipinski definition) is 2. The Bertz CT molecular complexity index is 395. The van der Waals surface area contributed by atoms with Crippen molar-refractivity contribution in [2.24, 2.45) is 5.92 Å². The van der Waals surface area contributed by atoms with E-state index in [2.05, 4.69) is 0 Å². The summed E-state index contributed by atoms with van der Waals surface area (Å²) in [7, 11) is 0. The van der Waals surface area contributed by atoms with Gasteiger partial charge in [0.15, 0.2) is 0 Å². The normalized spacial score (nSPS) is 29.5. The average molecular weight is 224 g/mol. The first-order valence-electron chi connectivity index (χ1n) is 5.64. The lowest BCUT2D eigenvalue weighted by Crippen LogP contribution is -2.29. The molecule has 1 aromatic heterocycles. The second kappa shape index (κ2) is 3.94. The summed E-state index contributed by atoms with van der Waals surface area (Å²) in [6, 6.07) is 2.98. The van der Waals surface area contributed by atoms with Gasteiger partial charge in [0.2, 0.25) is 5.76 Å². The molecule has 88 valence electrons. The van der Waals surface area contributed by atoms with E-state index >= 15 is 0 Å². The highest BCUT2D eigenvalue weighted by atomic mass is 16.4. The van der Waals surface area contributed by atoms with Crippen LogP contribution >= 0.6 is 0 Å². The molecule has 1 fully saturated rings. The molecule has 1 saturated carbocycles. The average Bonchev–Trinajstić information content (AvgIpc) is 2.83. The molecule has 2 unspecified atom stereocenters. The maximum Gasteiger partial charge on any atom is 0.371 e. The molecule has 0 bridgehead atoms. The smallest absolute Gasteiger partial charge is 0.371 e. The van der Waals surface area contributed by atoms with Crippen molar-refractivity contribution in [1.29, 1.82) is 0 Å². The number of aliphatic hydroxyl groups is 1. The van der Waals surface area contributed by atoms with Crippen molar-refractivity contribution in [3.05, 3.63) is 23.7 Å². The zero-order valence-corrected chi connectivity index (χ0v) is 9.27. The van der Waals surface area contributed by atoms with Gasteiger partial charge in [0.25, 0.3) is 0 Å². The van der Waals surface area contributed by atoms with Crippen molar-refractivity contribution >= 4 is 5.97 Å². The lowest BCUT2D eigenvalue weighted by molar-refractivity contribution is -0.0242. The molecule has 0 radical (unpaired) electrons. The van der Waals surface area contributed by atoms with Crippen LogP contribution in [0.15, 0.2) is 16.5 Å². The van der Waals surface area contributed by atoms with Gasteiger partial charge < -0.3 is 14.6 Å². The summed E-state index contributed by atoms with van der Waals surface area (Å²) < 4.78 is 5.21. The minimum absolute atomic E-state index is 0.106. The van der Waals surface area contributed by atoms with E-state index in [1.54, 1.807) is 6.07 Å². The summed E-state index contributed by atoms with van der Waals surface area (Å²) in [4.78, 5) is 10.7. The molecule has 1 aliphatic carbocycles. The standard InChI is InChI=1S/C12H16O4/c1-2-8-4-3-7-12(8,15)10-6-5-9(16-10)11(13)14/h5-6,8,15H,2-4,7H2,1H3,(H,13,14). The molecule has 4 nitrogen and oxygen atoms in total. The predicted molar refractivity (Wildman–Crippen MR) is 57.2 cm³/mol. The van der Waals surface area contributed by atoms with Gasteiger partial charge in [-0.3, -0.25) is 0 Å². The van der Waals surface area contributed by atoms with E-state index in [1.165, 1.54) is 6.07 Å². The van der Waals surface area contributed by atoms with Crippen LogP contribution in [0.2, 0.25) is 0 Å². The van der Waals surface area contributed by atoms with Crippen LogP contribution in [-0.4, -0.2) is 16.2 Å². The first-order chi connectivity index (χ1) is 7.58. The molecular weight excluding hydrogens is 208 g/mol. The first kappa shape index (κ1) is 11.2. The highest BCUT2D eigenvalue weighted by Gasteiger charge is 2.44. The molecule has 0 aromatic carbocycles. The second-order valence-electron chi connectivity index (χ2n) is 4.39. The van der Waals surface area contributed by atoms with Crippen molar-refractivity contribution in [2.45, 2.75) is 38.2 Å². The van der Waals surface area contributed by atoms with Gasteiger partial charge in [-0.2, -0.15) is 0 Å². The van der Waals surface area contributed by atoms with E-state index < -0.39 is 11.6 Å². The highest BCUT2D eigenvalue weighted by molar-refractivity contribution is 5.84. The summed E-state index contributed by atoms with van der Waals surface area (Å²) in [6.45, 7) is 2.03. The number of carboxylic acid groups (broad SMARTS) is 1. The third kappa shape index (κ3) is 1.63. The minimum Gasteiger partial charge on any atom is -0.475 e. The summed E-state index contributed by atoms with van der Waals surface area (Å²) in [5.74, 6) is -0.638. The fourth-order valence-electron chi connectivity index (χ4n) is 2.61. The lowest BCUT2D eigenvalue weighted by atomic mass is 9.86. The molecule has 1 aliphatic rings. The minimum atomic E-state index is -1.10. The number of carboxylic acids is 1. The Morgan fingerprint density at radius 1 is 1.62 bits per heavy atom. The van der Waals surface area contributed by atoms with Gasteiger partial charge in [-0.15, -0.1) is 0 Å². The van der Waals surface area contributed by atoms with Crippen LogP contribution in [0.5, 0.6) is 0 Å². The summed E-state index contributed by atoms with van der Waals surface area (Å²) in [6.07, 6.45) is 3.45. The third-order valence-electron chi connectivity index (χ3n) is 3.52. The summed E-state index contributed by atoms with van der Waals surface area (Å²) in [5, 5.41) is 19.3. The van der Waals surface area contributed by atoms with Crippen LogP contribution in [0.1, 0.15) is 48.9 Å². The Morgan fingerprint density at radius 2 is 2.38 bits per heavy atom. The van der Waals surface area contributed by atoms with Crippen molar-refractivity contribution in [1.82, 2.24) is 0 Å². The molecule has 0 spiro atoms. The summed E-state index contributed by atoms with van der Waals surface area (Å²) >= 11 is 0. The number of rotatable bonds is 3. The van der Waals surface area contributed by atoms with Gasteiger partial charge in [0.1, 0.15) is 11.4 Å². The van der Waals surface area contributed by atoms with Gasteiger partial charge in [-0.25, -0.2) is 4.79 Å². The Hall–Kier alpha value is -1.29. The van der Waals surface area contributed by atoms with E-state index in [0.717, 1.165) is 19.3 Å². The van der Waals surface area contributed by atoms with E-state index in [-0.39, 0.29) is 11.7 Å². The van der Waals surface area contributed by atoms with Crippen molar-refractivity contribution in [2.75, 3.05) is 0 Å². The Balaban J connectivity index is 2.31. The molecule has 1 aromatic rings. The van der Waals surface area contributed by atoms with E-state index in [4.69, 9.17) is 9.52 Å². The van der Waals surface area contributed by atoms with Crippen molar-refractivity contribution in [3.63, 3.8) is 0 Å². The van der Waals surface area contributed by atoms with Crippen LogP contribution in [0.3, 0.4) is 0 Å². The van der Waals surface area contributed by atoms with E-state index in [9.17, 15) is 9.90 Å². The molecule has 0 aliphatic heterocycles. The predicted octanol–water partition coefficient (Wildman–Crippen LogP) is 2.38. The van der Waals surface area contributed by atoms with E-state index in [0.29, 0.717) is 12.2 Å². The molecule has 2 atom stereocenters.